The maximum absolute atomic E-state index is 11.7. The number of hydrogen-bond acceptors (Lipinski definition) is 3. The summed E-state index contributed by atoms with van der Waals surface area (Å²) in [5, 5.41) is 2.87. The minimum atomic E-state index is -0.0831. The van der Waals surface area contributed by atoms with Crippen LogP contribution in [0.15, 0.2) is 35.3 Å². The van der Waals surface area contributed by atoms with Gasteiger partial charge < -0.3 is 16.0 Å². The van der Waals surface area contributed by atoms with Gasteiger partial charge in [-0.3, -0.25) is 4.79 Å². The molecule has 1 aromatic carbocycles. The third-order valence-corrected chi connectivity index (χ3v) is 4.24. The van der Waals surface area contributed by atoms with E-state index in [9.17, 15) is 4.79 Å². The van der Waals surface area contributed by atoms with E-state index < -0.39 is 0 Å². The highest BCUT2D eigenvalue weighted by atomic mass is 32.2. The van der Waals surface area contributed by atoms with Gasteiger partial charge in [-0.1, -0.05) is 30.3 Å². The van der Waals surface area contributed by atoms with Crippen molar-refractivity contribution >= 4 is 23.6 Å². The Morgan fingerprint density at radius 3 is 2.71 bits per heavy atom. The Kier molecular flexibility index (Phi) is 6.40. The fourth-order valence-corrected chi connectivity index (χ4v) is 3.00. The lowest BCUT2D eigenvalue weighted by atomic mass is 10.1. The number of carbonyl (C=O) groups is 1. The van der Waals surface area contributed by atoms with Gasteiger partial charge in [0, 0.05) is 31.1 Å². The van der Waals surface area contributed by atoms with Crippen molar-refractivity contribution in [3.63, 3.8) is 0 Å². The summed E-state index contributed by atoms with van der Waals surface area (Å²) < 4.78 is 0. The highest BCUT2D eigenvalue weighted by molar-refractivity contribution is 7.99. The normalized spacial score (nSPS) is 15.8. The summed E-state index contributed by atoms with van der Waals surface area (Å²) >= 11 is 1.92. The number of thioether (sulfide) groups is 1. The van der Waals surface area contributed by atoms with E-state index in [2.05, 4.69) is 22.4 Å². The topological polar surface area (TPSA) is 70.7 Å². The maximum Gasteiger partial charge on any atom is 0.241 e. The molecule has 3 N–H and O–H groups in total. The van der Waals surface area contributed by atoms with E-state index in [4.69, 9.17) is 5.73 Å². The Morgan fingerprint density at radius 2 is 2.00 bits per heavy atom. The van der Waals surface area contributed by atoms with Gasteiger partial charge in [0.25, 0.3) is 0 Å². The summed E-state index contributed by atoms with van der Waals surface area (Å²) in [6, 6.07) is 10.1. The largest absolute Gasteiger partial charge is 0.370 e. The van der Waals surface area contributed by atoms with E-state index in [0.717, 1.165) is 31.0 Å². The van der Waals surface area contributed by atoms with E-state index in [-0.39, 0.29) is 12.5 Å². The highest BCUT2D eigenvalue weighted by Crippen LogP contribution is 2.08. The van der Waals surface area contributed by atoms with Crippen LogP contribution in [-0.2, 0) is 11.2 Å². The van der Waals surface area contributed by atoms with Crippen LogP contribution in [0, 0.1) is 0 Å². The molecule has 1 aliphatic rings. The van der Waals surface area contributed by atoms with E-state index >= 15 is 0 Å². The Balaban J connectivity index is 1.67. The number of nitrogens with two attached hydrogens (primary N) is 1. The number of carbonyl (C=O) groups excluding carboxylic acids is 1. The number of guanidine groups is 1. The van der Waals surface area contributed by atoms with Gasteiger partial charge in [0.2, 0.25) is 5.91 Å². The number of benzene rings is 1. The zero-order chi connectivity index (χ0) is 14.9. The predicted octanol–water partition coefficient (Wildman–Crippen LogP) is 0.709. The Labute approximate surface area is 130 Å². The molecule has 1 amide bonds. The quantitative estimate of drug-likeness (QED) is 0.621. The molecule has 1 fully saturated rings. The zero-order valence-electron chi connectivity index (χ0n) is 12.1. The standard InChI is InChI=1S/C15H22N4OS/c16-15(19-8-10-21-11-9-19)18-12-14(20)17-7-6-13-4-2-1-3-5-13/h1-5H,6-12H2,(H2,16,18)(H,17,20). The molecule has 1 aliphatic heterocycles. The molecule has 0 aromatic heterocycles. The van der Waals surface area contributed by atoms with Crippen LogP contribution in [0.3, 0.4) is 0 Å². The smallest absolute Gasteiger partial charge is 0.241 e. The second-order valence-electron chi connectivity index (χ2n) is 4.86. The van der Waals surface area contributed by atoms with Gasteiger partial charge in [0.15, 0.2) is 5.96 Å². The molecule has 6 heteroatoms. The number of aliphatic imine (C=N–C) groups is 1. The van der Waals surface area contributed by atoms with Crippen molar-refractivity contribution in [1.82, 2.24) is 10.2 Å². The first kappa shape index (κ1) is 15.7. The van der Waals surface area contributed by atoms with E-state index in [0.29, 0.717) is 12.5 Å². The van der Waals surface area contributed by atoms with Gasteiger partial charge in [-0.15, -0.1) is 0 Å². The number of nitrogens with one attached hydrogen (secondary N) is 1. The van der Waals surface area contributed by atoms with Crippen LogP contribution >= 0.6 is 11.8 Å². The fraction of sp³-hybridized carbons (Fsp3) is 0.467. The molecule has 0 unspecified atom stereocenters. The molecule has 2 rings (SSSR count). The molecule has 1 heterocycles. The molecule has 5 nitrogen and oxygen atoms in total. The zero-order valence-corrected chi connectivity index (χ0v) is 12.9. The molecular weight excluding hydrogens is 284 g/mol. The number of hydrogen-bond donors (Lipinski definition) is 2. The average Bonchev–Trinajstić information content (AvgIpc) is 2.54. The highest BCUT2D eigenvalue weighted by Gasteiger charge is 2.12. The lowest BCUT2D eigenvalue weighted by Gasteiger charge is -2.27. The molecule has 0 radical (unpaired) electrons. The van der Waals surface area contributed by atoms with Crippen LogP contribution in [0.1, 0.15) is 5.56 Å². The minimum absolute atomic E-state index is 0.0831. The lowest BCUT2D eigenvalue weighted by Crippen LogP contribution is -2.43. The van der Waals surface area contributed by atoms with Crippen LogP contribution in [0.25, 0.3) is 0 Å². The van der Waals surface area contributed by atoms with Gasteiger partial charge in [0.1, 0.15) is 6.54 Å². The van der Waals surface area contributed by atoms with Crippen molar-refractivity contribution in [2.75, 3.05) is 37.7 Å². The SMILES string of the molecule is NC(=NCC(=O)NCCc1ccccc1)N1CCSCC1. The summed E-state index contributed by atoms with van der Waals surface area (Å²) in [5.41, 5.74) is 7.12. The van der Waals surface area contributed by atoms with Gasteiger partial charge >= 0.3 is 0 Å². The second kappa shape index (κ2) is 8.56. The van der Waals surface area contributed by atoms with Gasteiger partial charge in [0.05, 0.1) is 0 Å². The molecule has 114 valence electrons. The Hall–Kier alpha value is -1.69. The average molecular weight is 306 g/mol. The first-order chi connectivity index (χ1) is 10.3. The maximum atomic E-state index is 11.7. The fourth-order valence-electron chi connectivity index (χ4n) is 2.09. The van der Waals surface area contributed by atoms with Gasteiger partial charge in [-0.05, 0) is 12.0 Å². The molecule has 0 aliphatic carbocycles. The Bertz CT molecular complexity index is 472. The van der Waals surface area contributed by atoms with Gasteiger partial charge in [-0.25, -0.2) is 4.99 Å². The van der Waals surface area contributed by atoms with Crippen molar-refractivity contribution in [3.8, 4) is 0 Å². The van der Waals surface area contributed by atoms with E-state index in [1.807, 2.05) is 34.9 Å². The predicted molar refractivity (Wildman–Crippen MR) is 88.5 cm³/mol. The van der Waals surface area contributed by atoms with Crippen molar-refractivity contribution in [1.29, 1.82) is 0 Å². The first-order valence-corrected chi connectivity index (χ1v) is 8.34. The lowest BCUT2D eigenvalue weighted by molar-refractivity contribution is -0.119. The van der Waals surface area contributed by atoms with Crippen LogP contribution in [-0.4, -0.2) is 54.5 Å². The summed E-state index contributed by atoms with van der Waals surface area (Å²) in [4.78, 5) is 17.9. The summed E-state index contributed by atoms with van der Waals surface area (Å²) in [7, 11) is 0. The van der Waals surface area contributed by atoms with Gasteiger partial charge in [-0.2, -0.15) is 11.8 Å². The Morgan fingerprint density at radius 1 is 1.29 bits per heavy atom. The van der Waals surface area contributed by atoms with E-state index in [1.54, 1.807) is 0 Å². The second-order valence-corrected chi connectivity index (χ2v) is 6.08. The van der Waals surface area contributed by atoms with Crippen molar-refractivity contribution in [3.05, 3.63) is 35.9 Å². The molecule has 1 saturated heterocycles. The number of amides is 1. The molecule has 0 atom stereocenters. The van der Waals surface area contributed by atoms with Crippen LogP contribution in [0.5, 0.6) is 0 Å². The molecule has 21 heavy (non-hydrogen) atoms. The van der Waals surface area contributed by atoms with Crippen molar-refractivity contribution < 1.29 is 4.79 Å². The molecule has 0 spiro atoms. The van der Waals surface area contributed by atoms with Crippen LogP contribution in [0.2, 0.25) is 0 Å². The summed E-state index contributed by atoms with van der Waals surface area (Å²) in [5.74, 6) is 2.53. The van der Waals surface area contributed by atoms with Crippen LogP contribution in [0.4, 0.5) is 0 Å². The van der Waals surface area contributed by atoms with E-state index in [1.165, 1.54) is 5.56 Å². The molecule has 1 aromatic rings. The van der Waals surface area contributed by atoms with Crippen molar-refractivity contribution in [2.24, 2.45) is 10.7 Å². The first-order valence-electron chi connectivity index (χ1n) is 7.19. The molecule has 0 bridgehead atoms. The third kappa shape index (κ3) is 5.67. The monoisotopic (exact) mass is 306 g/mol. The minimum Gasteiger partial charge on any atom is -0.370 e. The van der Waals surface area contributed by atoms with Crippen molar-refractivity contribution in [2.45, 2.75) is 6.42 Å². The summed E-state index contributed by atoms with van der Waals surface area (Å²) in [6.45, 7) is 2.55. The third-order valence-electron chi connectivity index (χ3n) is 3.30. The number of nitrogens with zero attached hydrogens (tertiary/aromatic N) is 2. The molecule has 0 saturated carbocycles. The number of rotatable bonds is 5. The molecular formula is C15H22N4OS. The van der Waals surface area contributed by atoms with Crippen LogP contribution < -0.4 is 11.1 Å². The summed E-state index contributed by atoms with van der Waals surface area (Å²) in [6.07, 6.45) is 0.828.